The van der Waals surface area contributed by atoms with Crippen LogP contribution in [0.1, 0.15) is 9.67 Å². The molecule has 1 amide bonds. The maximum absolute atomic E-state index is 13.3. The number of carbonyl (C=O) groups excluding carboxylic acids is 1. The zero-order chi connectivity index (χ0) is 15.4. The van der Waals surface area contributed by atoms with E-state index in [0.717, 1.165) is 35.2 Å². The second-order valence-corrected chi connectivity index (χ2v) is 5.85. The van der Waals surface area contributed by atoms with Gasteiger partial charge in [-0.25, -0.2) is 13.6 Å². The van der Waals surface area contributed by atoms with E-state index in [4.69, 9.17) is 5.11 Å². The van der Waals surface area contributed by atoms with Crippen LogP contribution in [0.25, 0.3) is 0 Å². The summed E-state index contributed by atoms with van der Waals surface area (Å²) < 4.78 is 26.7. The summed E-state index contributed by atoms with van der Waals surface area (Å²) in [5.74, 6) is -3.39. The number of para-hydroxylation sites is 1. The zero-order valence-electron chi connectivity index (χ0n) is 10.4. The number of halogens is 2. The van der Waals surface area contributed by atoms with E-state index >= 15 is 0 Å². The Bertz CT molecular complexity index is 668. The molecule has 1 aromatic carbocycles. The summed E-state index contributed by atoms with van der Waals surface area (Å²) in [6.45, 7) is 0. The number of hydrogen-bond acceptors (Lipinski definition) is 4. The van der Waals surface area contributed by atoms with Crippen LogP contribution in [0.4, 0.5) is 14.5 Å². The van der Waals surface area contributed by atoms with Gasteiger partial charge < -0.3 is 10.4 Å². The van der Waals surface area contributed by atoms with Crippen molar-refractivity contribution in [2.24, 2.45) is 0 Å². The summed E-state index contributed by atoms with van der Waals surface area (Å²) in [5.41, 5.74) is -0.486. The quantitative estimate of drug-likeness (QED) is 0.825. The van der Waals surface area contributed by atoms with E-state index in [1.54, 1.807) is 5.38 Å². The number of thioether (sulfide) groups is 1. The predicted octanol–water partition coefficient (Wildman–Crippen LogP) is 3.46. The van der Waals surface area contributed by atoms with Gasteiger partial charge in [0, 0.05) is 10.3 Å². The monoisotopic (exact) mass is 329 g/mol. The topological polar surface area (TPSA) is 66.4 Å². The van der Waals surface area contributed by atoms with Gasteiger partial charge in [0.15, 0.2) is 0 Å². The molecule has 0 radical (unpaired) electrons. The molecule has 0 saturated carbocycles. The van der Waals surface area contributed by atoms with Gasteiger partial charge in [-0.2, -0.15) is 0 Å². The van der Waals surface area contributed by atoms with Crippen molar-refractivity contribution in [1.82, 2.24) is 0 Å². The Balaban J connectivity index is 1.94. The number of amides is 1. The van der Waals surface area contributed by atoms with Gasteiger partial charge >= 0.3 is 5.97 Å². The van der Waals surface area contributed by atoms with Gasteiger partial charge in [-0.1, -0.05) is 6.07 Å². The second-order valence-electron chi connectivity index (χ2n) is 3.89. The molecule has 110 valence electrons. The van der Waals surface area contributed by atoms with E-state index in [1.807, 2.05) is 0 Å². The lowest BCUT2D eigenvalue weighted by Crippen LogP contribution is -2.16. The first-order chi connectivity index (χ1) is 9.97. The third-order valence-electron chi connectivity index (χ3n) is 2.38. The van der Waals surface area contributed by atoms with Crippen molar-refractivity contribution in [2.75, 3.05) is 11.1 Å². The largest absolute Gasteiger partial charge is 0.477 e. The molecule has 0 atom stereocenters. The summed E-state index contributed by atoms with van der Waals surface area (Å²) >= 11 is 2.13. The SMILES string of the molecule is O=C(CSc1csc(C(=O)O)c1)Nc1c(F)cccc1F. The van der Waals surface area contributed by atoms with Crippen molar-refractivity contribution in [2.45, 2.75) is 4.90 Å². The zero-order valence-corrected chi connectivity index (χ0v) is 12.1. The van der Waals surface area contributed by atoms with Crippen molar-refractivity contribution in [1.29, 1.82) is 0 Å². The fourth-order valence-electron chi connectivity index (χ4n) is 1.45. The van der Waals surface area contributed by atoms with Crippen molar-refractivity contribution in [3.63, 3.8) is 0 Å². The molecule has 8 heteroatoms. The molecule has 2 aromatic rings. The van der Waals surface area contributed by atoms with Crippen molar-refractivity contribution in [3.8, 4) is 0 Å². The number of carbonyl (C=O) groups is 2. The number of hydrogen-bond donors (Lipinski definition) is 2. The number of rotatable bonds is 5. The van der Waals surface area contributed by atoms with Crippen LogP contribution < -0.4 is 5.32 Å². The smallest absolute Gasteiger partial charge is 0.345 e. The Kier molecular flexibility index (Phi) is 4.92. The van der Waals surface area contributed by atoms with Gasteiger partial charge in [-0.05, 0) is 18.2 Å². The standard InChI is InChI=1S/C13H9F2NO3S2/c14-8-2-1-3-9(15)12(8)16-11(17)6-20-7-4-10(13(18)19)21-5-7/h1-5H,6H2,(H,16,17)(H,18,19). The molecule has 0 saturated heterocycles. The first-order valence-electron chi connectivity index (χ1n) is 5.66. The van der Waals surface area contributed by atoms with Crippen LogP contribution in [-0.2, 0) is 4.79 Å². The summed E-state index contributed by atoms with van der Waals surface area (Å²) in [5, 5.41) is 12.5. The molecule has 2 N–H and O–H groups in total. The number of anilines is 1. The highest BCUT2D eigenvalue weighted by Crippen LogP contribution is 2.25. The highest BCUT2D eigenvalue weighted by Gasteiger charge is 2.13. The summed E-state index contributed by atoms with van der Waals surface area (Å²) in [6.07, 6.45) is 0. The number of aromatic carboxylic acids is 1. The lowest BCUT2D eigenvalue weighted by Gasteiger charge is -2.06. The molecule has 0 aliphatic rings. The van der Waals surface area contributed by atoms with E-state index in [1.165, 1.54) is 12.1 Å². The molecule has 21 heavy (non-hydrogen) atoms. The maximum atomic E-state index is 13.3. The van der Waals surface area contributed by atoms with E-state index in [9.17, 15) is 18.4 Å². The van der Waals surface area contributed by atoms with E-state index in [0.29, 0.717) is 4.90 Å². The minimum atomic E-state index is -1.04. The summed E-state index contributed by atoms with van der Waals surface area (Å²) in [7, 11) is 0. The predicted molar refractivity (Wildman–Crippen MR) is 77.0 cm³/mol. The molecular formula is C13H9F2NO3S2. The number of benzene rings is 1. The van der Waals surface area contributed by atoms with Gasteiger partial charge in [-0.15, -0.1) is 23.1 Å². The highest BCUT2D eigenvalue weighted by atomic mass is 32.2. The molecule has 0 spiro atoms. The van der Waals surface area contributed by atoms with E-state index in [2.05, 4.69) is 5.32 Å². The Labute approximate surface area is 126 Å². The minimum Gasteiger partial charge on any atom is -0.477 e. The summed E-state index contributed by atoms with van der Waals surface area (Å²) in [6, 6.07) is 4.73. The molecule has 1 aromatic heterocycles. The van der Waals surface area contributed by atoms with Gasteiger partial charge in [-0.3, -0.25) is 4.79 Å². The van der Waals surface area contributed by atoms with Crippen molar-refractivity contribution >= 4 is 40.7 Å². The summed E-state index contributed by atoms with van der Waals surface area (Å²) in [4.78, 5) is 23.1. The fraction of sp³-hybridized carbons (Fsp3) is 0.0769. The van der Waals surface area contributed by atoms with E-state index in [-0.39, 0.29) is 10.6 Å². The van der Waals surface area contributed by atoms with Crippen LogP contribution in [0, 0.1) is 11.6 Å². The van der Waals surface area contributed by atoms with Crippen LogP contribution in [0.3, 0.4) is 0 Å². The normalized spacial score (nSPS) is 10.4. The molecular weight excluding hydrogens is 320 g/mol. The Morgan fingerprint density at radius 1 is 1.29 bits per heavy atom. The first-order valence-corrected chi connectivity index (χ1v) is 7.52. The third kappa shape index (κ3) is 4.02. The van der Waals surface area contributed by atoms with Crippen LogP contribution in [0.2, 0.25) is 0 Å². The number of nitrogens with one attached hydrogen (secondary N) is 1. The molecule has 0 bridgehead atoms. The van der Waals surface area contributed by atoms with Crippen LogP contribution in [0.15, 0.2) is 34.5 Å². The van der Waals surface area contributed by atoms with Crippen LogP contribution in [-0.4, -0.2) is 22.7 Å². The molecule has 2 rings (SSSR count). The fourth-order valence-corrected chi connectivity index (χ4v) is 3.12. The van der Waals surface area contributed by atoms with Gasteiger partial charge in [0.05, 0.1) is 5.75 Å². The Hall–Kier alpha value is -1.93. The molecule has 0 fully saturated rings. The Morgan fingerprint density at radius 2 is 1.95 bits per heavy atom. The lowest BCUT2D eigenvalue weighted by atomic mass is 10.3. The van der Waals surface area contributed by atoms with Gasteiger partial charge in [0.25, 0.3) is 0 Å². The maximum Gasteiger partial charge on any atom is 0.345 e. The van der Waals surface area contributed by atoms with Crippen molar-refractivity contribution < 1.29 is 23.5 Å². The van der Waals surface area contributed by atoms with Gasteiger partial charge in [0.1, 0.15) is 22.2 Å². The number of carboxylic acids is 1. The first kappa shape index (κ1) is 15.5. The molecule has 0 aliphatic heterocycles. The van der Waals surface area contributed by atoms with Crippen LogP contribution in [0.5, 0.6) is 0 Å². The van der Waals surface area contributed by atoms with Crippen LogP contribution >= 0.6 is 23.1 Å². The second kappa shape index (κ2) is 6.68. The molecule has 0 aliphatic carbocycles. The third-order valence-corrected chi connectivity index (χ3v) is 4.43. The highest BCUT2D eigenvalue weighted by molar-refractivity contribution is 8.00. The lowest BCUT2D eigenvalue weighted by molar-refractivity contribution is -0.113. The van der Waals surface area contributed by atoms with E-state index < -0.39 is 29.2 Å². The van der Waals surface area contributed by atoms with Gasteiger partial charge in [0.2, 0.25) is 5.91 Å². The number of carboxylic acid groups (broad SMARTS) is 1. The average Bonchev–Trinajstić information content (AvgIpc) is 2.90. The minimum absolute atomic E-state index is 0.0798. The molecule has 4 nitrogen and oxygen atoms in total. The molecule has 1 heterocycles. The number of thiophene rings is 1. The van der Waals surface area contributed by atoms with Crippen molar-refractivity contribution in [3.05, 3.63) is 46.2 Å². The molecule has 0 unspecified atom stereocenters. The average molecular weight is 329 g/mol. The Morgan fingerprint density at radius 3 is 2.52 bits per heavy atom.